The second kappa shape index (κ2) is 7.82. The summed E-state index contributed by atoms with van der Waals surface area (Å²) in [4.78, 5) is 38.4. The third-order valence-corrected chi connectivity index (χ3v) is 6.29. The largest absolute Gasteiger partial charge is 0.328 e. The van der Waals surface area contributed by atoms with Crippen LogP contribution in [-0.4, -0.2) is 71.5 Å². The number of amides is 3. The van der Waals surface area contributed by atoms with Crippen molar-refractivity contribution in [3.8, 4) is 0 Å². The van der Waals surface area contributed by atoms with E-state index in [9.17, 15) is 9.59 Å². The molecule has 0 bridgehead atoms. The van der Waals surface area contributed by atoms with E-state index < -0.39 is 12.2 Å². The fraction of sp³-hybridized carbons (Fsp3) is 0.320. The number of carbonyl (C=O) groups is 2. The van der Waals surface area contributed by atoms with E-state index in [0.29, 0.717) is 6.54 Å². The third kappa shape index (κ3) is 3.34. The van der Waals surface area contributed by atoms with Crippen molar-refractivity contribution in [2.45, 2.75) is 26.1 Å². The van der Waals surface area contributed by atoms with E-state index in [1.54, 1.807) is 11.9 Å². The Morgan fingerprint density at radius 2 is 1.75 bits per heavy atom. The van der Waals surface area contributed by atoms with Crippen LogP contribution in [-0.2, 0) is 4.79 Å². The fourth-order valence-corrected chi connectivity index (χ4v) is 4.81. The van der Waals surface area contributed by atoms with Gasteiger partial charge in [0.25, 0.3) is 5.91 Å². The van der Waals surface area contributed by atoms with Gasteiger partial charge in [-0.3, -0.25) is 9.69 Å². The number of aliphatic imine (C=N–C) groups is 1. The lowest BCUT2D eigenvalue weighted by Crippen LogP contribution is -2.64. The molecule has 2 saturated heterocycles. The Morgan fingerprint density at radius 3 is 2.47 bits per heavy atom. The summed E-state index contributed by atoms with van der Waals surface area (Å²) < 4.78 is 0. The van der Waals surface area contributed by atoms with Crippen LogP contribution in [0.3, 0.4) is 0 Å². The highest BCUT2D eigenvalue weighted by Gasteiger charge is 2.54. The van der Waals surface area contributed by atoms with E-state index in [2.05, 4.69) is 41.8 Å². The SMILES string of the molecule is Cc1cc(C)cc(N2CCN3C2=NC2C3C(=O)N(C/C=C/c3ccccc3)C(=O)N2C)c1. The Hall–Kier alpha value is -3.61. The van der Waals surface area contributed by atoms with Crippen molar-refractivity contribution in [3.63, 3.8) is 0 Å². The van der Waals surface area contributed by atoms with Crippen LogP contribution in [0.1, 0.15) is 16.7 Å². The number of fused-ring (bicyclic) bond motifs is 3. The maximum atomic E-state index is 13.4. The van der Waals surface area contributed by atoms with Gasteiger partial charge in [-0.1, -0.05) is 48.6 Å². The molecule has 2 aromatic carbocycles. The predicted molar refractivity (Wildman–Crippen MR) is 125 cm³/mol. The topological polar surface area (TPSA) is 59.5 Å². The normalized spacial score (nSPS) is 22.7. The van der Waals surface area contributed by atoms with Gasteiger partial charge in [0.05, 0.1) is 0 Å². The van der Waals surface area contributed by atoms with Crippen LogP contribution < -0.4 is 4.90 Å². The molecule has 0 N–H and O–H groups in total. The van der Waals surface area contributed by atoms with Crippen molar-refractivity contribution in [1.82, 2.24) is 14.7 Å². The molecule has 0 radical (unpaired) electrons. The first-order valence-electron chi connectivity index (χ1n) is 10.9. The van der Waals surface area contributed by atoms with Gasteiger partial charge in [0.2, 0.25) is 5.96 Å². The highest BCUT2D eigenvalue weighted by atomic mass is 16.2. The van der Waals surface area contributed by atoms with E-state index >= 15 is 0 Å². The van der Waals surface area contributed by atoms with Crippen molar-refractivity contribution >= 4 is 29.7 Å². The van der Waals surface area contributed by atoms with Crippen LogP contribution in [0.4, 0.5) is 10.5 Å². The molecule has 0 saturated carbocycles. The summed E-state index contributed by atoms with van der Waals surface area (Å²) in [6, 6.07) is 15.5. The lowest BCUT2D eigenvalue weighted by atomic mass is 10.1. The lowest BCUT2D eigenvalue weighted by molar-refractivity contribution is -0.136. The highest BCUT2D eigenvalue weighted by molar-refractivity contribution is 6.08. The number of guanidine groups is 1. The first kappa shape index (κ1) is 20.3. The van der Waals surface area contributed by atoms with Crippen LogP contribution in [0.5, 0.6) is 0 Å². The predicted octanol–water partition coefficient (Wildman–Crippen LogP) is 3.10. The minimum absolute atomic E-state index is 0.183. The highest BCUT2D eigenvalue weighted by Crippen LogP contribution is 2.33. The summed E-state index contributed by atoms with van der Waals surface area (Å²) in [5.74, 6) is 0.594. The summed E-state index contributed by atoms with van der Waals surface area (Å²) in [5.41, 5.74) is 4.49. The molecule has 3 amide bonds. The second-order valence-electron chi connectivity index (χ2n) is 8.63. The monoisotopic (exact) mass is 429 g/mol. The molecule has 164 valence electrons. The van der Waals surface area contributed by atoms with Crippen molar-refractivity contribution < 1.29 is 9.59 Å². The molecule has 0 spiro atoms. The van der Waals surface area contributed by atoms with E-state index in [0.717, 1.165) is 23.8 Å². The number of urea groups is 1. The average molecular weight is 430 g/mol. The van der Waals surface area contributed by atoms with Crippen LogP contribution in [0.25, 0.3) is 6.08 Å². The number of carbonyl (C=O) groups excluding carboxylic acids is 2. The van der Waals surface area contributed by atoms with Crippen LogP contribution in [0.15, 0.2) is 59.6 Å². The Labute approximate surface area is 188 Å². The molecule has 2 atom stereocenters. The number of hydrogen-bond acceptors (Lipinski definition) is 5. The minimum atomic E-state index is -0.493. The van der Waals surface area contributed by atoms with Gasteiger partial charge < -0.3 is 14.7 Å². The molecule has 7 nitrogen and oxygen atoms in total. The van der Waals surface area contributed by atoms with E-state index in [1.807, 2.05) is 42.5 Å². The van der Waals surface area contributed by atoms with Crippen LogP contribution >= 0.6 is 0 Å². The number of rotatable bonds is 4. The summed E-state index contributed by atoms with van der Waals surface area (Å²) in [6.07, 6.45) is 3.30. The van der Waals surface area contributed by atoms with Gasteiger partial charge in [0.15, 0.2) is 12.2 Å². The van der Waals surface area contributed by atoms with Crippen molar-refractivity contribution in [1.29, 1.82) is 0 Å². The average Bonchev–Trinajstić information content (AvgIpc) is 3.34. The fourth-order valence-electron chi connectivity index (χ4n) is 4.81. The Morgan fingerprint density at radius 1 is 1.03 bits per heavy atom. The van der Waals surface area contributed by atoms with E-state index in [-0.39, 0.29) is 18.5 Å². The molecular weight excluding hydrogens is 402 g/mol. The molecule has 0 aliphatic carbocycles. The van der Waals surface area contributed by atoms with Crippen molar-refractivity contribution in [2.24, 2.45) is 4.99 Å². The zero-order chi connectivity index (χ0) is 22.4. The number of benzene rings is 2. The maximum absolute atomic E-state index is 13.4. The Bertz CT molecular complexity index is 1110. The molecule has 32 heavy (non-hydrogen) atoms. The molecule has 3 heterocycles. The standard InChI is InChI=1S/C25H27N5O2/c1-17-14-18(2)16-20(15-17)28-12-13-29-21-22(26-24(28)29)27(3)25(32)30(23(21)31)11-7-10-19-8-5-4-6-9-19/h4-10,14-16,21-22H,11-13H2,1-3H3/b10-7+. The molecule has 2 unspecified atom stereocenters. The van der Waals surface area contributed by atoms with E-state index in [4.69, 9.17) is 4.99 Å². The number of aryl methyl sites for hydroxylation is 2. The molecule has 2 aromatic rings. The van der Waals surface area contributed by atoms with Crippen molar-refractivity contribution in [2.75, 3.05) is 31.6 Å². The number of hydrogen-bond donors (Lipinski definition) is 0. The number of anilines is 1. The van der Waals surface area contributed by atoms with E-state index in [1.165, 1.54) is 16.0 Å². The molecule has 7 heteroatoms. The number of imide groups is 1. The summed E-state index contributed by atoms with van der Waals surface area (Å²) in [5, 5.41) is 0. The summed E-state index contributed by atoms with van der Waals surface area (Å²) in [6.45, 7) is 5.87. The summed E-state index contributed by atoms with van der Waals surface area (Å²) >= 11 is 0. The van der Waals surface area contributed by atoms with Gasteiger partial charge in [-0.15, -0.1) is 0 Å². The molecular formula is C25H27N5O2. The second-order valence-corrected chi connectivity index (χ2v) is 8.63. The Balaban J connectivity index is 1.38. The number of nitrogens with zero attached hydrogens (tertiary/aromatic N) is 5. The lowest BCUT2D eigenvalue weighted by Gasteiger charge is -2.40. The van der Waals surface area contributed by atoms with Gasteiger partial charge in [-0.05, 0) is 42.7 Å². The van der Waals surface area contributed by atoms with Gasteiger partial charge in [-0.2, -0.15) is 0 Å². The van der Waals surface area contributed by atoms with Gasteiger partial charge in [-0.25, -0.2) is 9.79 Å². The first-order valence-corrected chi connectivity index (χ1v) is 10.9. The van der Waals surface area contributed by atoms with Gasteiger partial charge in [0, 0.05) is 32.4 Å². The smallest absolute Gasteiger partial charge is 0.325 e. The van der Waals surface area contributed by atoms with Crippen LogP contribution in [0, 0.1) is 13.8 Å². The van der Waals surface area contributed by atoms with Crippen LogP contribution in [0.2, 0.25) is 0 Å². The Kier molecular flexibility index (Phi) is 4.96. The number of likely N-dealkylation sites (N-methyl/N-ethyl adjacent to an activating group) is 1. The molecule has 5 rings (SSSR count). The third-order valence-electron chi connectivity index (χ3n) is 6.29. The zero-order valence-electron chi connectivity index (χ0n) is 18.6. The first-order chi connectivity index (χ1) is 15.4. The van der Waals surface area contributed by atoms with Crippen molar-refractivity contribution in [3.05, 3.63) is 71.3 Å². The van der Waals surface area contributed by atoms with Gasteiger partial charge in [0.1, 0.15) is 0 Å². The van der Waals surface area contributed by atoms with Gasteiger partial charge >= 0.3 is 6.03 Å². The molecule has 0 aromatic heterocycles. The maximum Gasteiger partial charge on any atom is 0.328 e. The summed E-state index contributed by atoms with van der Waals surface area (Å²) in [7, 11) is 1.73. The zero-order valence-corrected chi connectivity index (χ0v) is 18.6. The molecule has 2 fully saturated rings. The molecule has 3 aliphatic rings. The molecule has 3 aliphatic heterocycles. The quantitative estimate of drug-likeness (QED) is 0.750. The minimum Gasteiger partial charge on any atom is -0.325 e.